The van der Waals surface area contributed by atoms with Crippen molar-refractivity contribution in [2.24, 2.45) is 0 Å². The normalized spacial score (nSPS) is 16.6. The second kappa shape index (κ2) is 7.82. The molecule has 26 heavy (non-hydrogen) atoms. The largest absolute Gasteiger partial charge is 0.349 e. The number of urea groups is 1. The van der Waals surface area contributed by atoms with Gasteiger partial charge in [0.1, 0.15) is 11.9 Å². The smallest absolute Gasteiger partial charge is 0.322 e. The van der Waals surface area contributed by atoms with E-state index in [9.17, 15) is 14.0 Å². The lowest BCUT2D eigenvalue weighted by Crippen LogP contribution is -2.47. The number of anilines is 1. The van der Waals surface area contributed by atoms with Gasteiger partial charge in [-0.3, -0.25) is 4.79 Å². The molecular formula is C18H21FN4O2S. The second-order valence-corrected chi connectivity index (χ2v) is 7.38. The molecule has 1 fully saturated rings. The summed E-state index contributed by atoms with van der Waals surface area (Å²) in [6, 6.07) is 3.62. The van der Waals surface area contributed by atoms with Gasteiger partial charge in [-0.15, -0.1) is 11.3 Å². The van der Waals surface area contributed by atoms with E-state index in [0.29, 0.717) is 30.8 Å². The van der Waals surface area contributed by atoms with E-state index in [1.54, 1.807) is 19.1 Å². The molecule has 1 aromatic carbocycles. The molecule has 2 heterocycles. The number of nitrogens with zero attached hydrogens (tertiary/aromatic N) is 2. The zero-order chi connectivity index (χ0) is 18.7. The Morgan fingerprint density at radius 1 is 1.38 bits per heavy atom. The van der Waals surface area contributed by atoms with Gasteiger partial charge in [0.2, 0.25) is 5.91 Å². The SMILES string of the molecule is Cc1nc(CNC(=O)[C@H]2CCCN2C(=O)Nc2ccc(C)c(F)c2)cs1. The number of aromatic nitrogens is 1. The van der Waals surface area contributed by atoms with Gasteiger partial charge in [-0.25, -0.2) is 14.2 Å². The standard InChI is InChI=1S/C18H21FN4O2S/c1-11-5-6-13(8-15(11)19)22-18(25)23-7-3-4-16(23)17(24)20-9-14-10-26-12(2)21-14/h5-6,8,10,16H,3-4,7,9H2,1-2H3,(H,20,24)(H,22,25)/t16-/m1/s1. The van der Waals surface area contributed by atoms with Crippen LogP contribution in [0.1, 0.15) is 29.1 Å². The zero-order valence-corrected chi connectivity index (χ0v) is 15.5. The van der Waals surface area contributed by atoms with E-state index < -0.39 is 12.1 Å². The van der Waals surface area contributed by atoms with E-state index in [1.165, 1.54) is 22.3 Å². The number of nitrogens with one attached hydrogen (secondary N) is 2. The van der Waals surface area contributed by atoms with Crippen molar-refractivity contribution >= 4 is 29.0 Å². The Labute approximate surface area is 155 Å². The lowest BCUT2D eigenvalue weighted by Gasteiger charge is -2.24. The van der Waals surface area contributed by atoms with Gasteiger partial charge in [0, 0.05) is 17.6 Å². The van der Waals surface area contributed by atoms with E-state index in [2.05, 4.69) is 15.6 Å². The Bertz CT molecular complexity index is 823. The molecule has 2 aromatic rings. The molecule has 0 radical (unpaired) electrons. The van der Waals surface area contributed by atoms with E-state index in [1.807, 2.05) is 12.3 Å². The molecule has 1 atom stereocenters. The highest BCUT2D eigenvalue weighted by Crippen LogP contribution is 2.20. The number of hydrogen-bond donors (Lipinski definition) is 2. The fraction of sp³-hybridized carbons (Fsp3) is 0.389. The Hall–Kier alpha value is -2.48. The van der Waals surface area contributed by atoms with E-state index in [4.69, 9.17) is 0 Å². The second-order valence-electron chi connectivity index (χ2n) is 6.32. The number of carbonyl (C=O) groups is 2. The minimum atomic E-state index is -0.523. The van der Waals surface area contributed by atoms with E-state index in [0.717, 1.165) is 17.1 Å². The van der Waals surface area contributed by atoms with E-state index in [-0.39, 0.29) is 11.7 Å². The third-order valence-electron chi connectivity index (χ3n) is 4.35. The third-order valence-corrected chi connectivity index (χ3v) is 5.17. The van der Waals surface area contributed by atoms with Crippen LogP contribution in [0.4, 0.5) is 14.9 Å². The predicted molar refractivity (Wildman–Crippen MR) is 98.6 cm³/mol. The molecule has 0 spiro atoms. The Morgan fingerprint density at radius 3 is 2.88 bits per heavy atom. The number of likely N-dealkylation sites (tertiary alicyclic amines) is 1. The monoisotopic (exact) mass is 376 g/mol. The summed E-state index contributed by atoms with van der Waals surface area (Å²) in [6.45, 7) is 4.41. The first kappa shape index (κ1) is 18.3. The minimum absolute atomic E-state index is 0.196. The lowest BCUT2D eigenvalue weighted by atomic mass is 10.2. The van der Waals surface area contributed by atoms with Crippen molar-refractivity contribution in [2.75, 3.05) is 11.9 Å². The van der Waals surface area contributed by atoms with Crippen LogP contribution in [-0.2, 0) is 11.3 Å². The zero-order valence-electron chi connectivity index (χ0n) is 14.7. The van der Waals surface area contributed by atoms with Crippen molar-refractivity contribution in [1.29, 1.82) is 0 Å². The lowest BCUT2D eigenvalue weighted by molar-refractivity contribution is -0.124. The summed E-state index contributed by atoms with van der Waals surface area (Å²) >= 11 is 1.53. The summed E-state index contributed by atoms with van der Waals surface area (Å²) in [5.41, 5.74) is 1.70. The summed E-state index contributed by atoms with van der Waals surface area (Å²) in [7, 11) is 0. The van der Waals surface area contributed by atoms with Crippen molar-refractivity contribution in [2.45, 2.75) is 39.3 Å². The maximum absolute atomic E-state index is 13.6. The number of carbonyl (C=O) groups excluding carboxylic acids is 2. The topological polar surface area (TPSA) is 74.3 Å². The van der Waals surface area contributed by atoms with Crippen molar-refractivity contribution in [3.63, 3.8) is 0 Å². The first-order valence-corrected chi connectivity index (χ1v) is 9.34. The third kappa shape index (κ3) is 4.19. The molecule has 0 bridgehead atoms. The molecule has 138 valence electrons. The summed E-state index contributed by atoms with van der Waals surface area (Å²) in [5, 5.41) is 8.36. The number of halogens is 1. The van der Waals surface area contributed by atoms with Crippen LogP contribution in [-0.4, -0.2) is 34.4 Å². The maximum atomic E-state index is 13.6. The highest BCUT2D eigenvalue weighted by Gasteiger charge is 2.34. The molecule has 1 saturated heterocycles. The van der Waals surface area contributed by atoms with Gasteiger partial charge < -0.3 is 15.5 Å². The van der Waals surface area contributed by atoms with Crippen LogP contribution in [0.15, 0.2) is 23.6 Å². The van der Waals surface area contributed by atoms with Crippen molar-refractivity contribution in [3.05, 3.63) is 45.7 Å². The molecule has 0 saturated carbocycles. The van der Waals surface area contributed by atoms with Gasteiger partial charge >= 0.3 is 6.03 Å². The molecular weight excluding hydrogens is 355 g/mol. The summed E-state index contributed by atoms with van der Waals surface area (Å²) < 4.78 is 13.6. The van der Waals surface area contributed by atoms with Crippen LogP contribution in [0.5, 0.6) is 0 Å². The maximum Gasteiger partial charge on any atom is 0.322 e. The number of aryl methyl sites for hydroxylation is 2. The molecule has 1 aromatic heterocycles. The molecule has 6 nitrogen and oxygen atoms in total. The van der Waals surface area contributed by atoms with Crippen LogP contribution in [0.3, 0.4) is 0 Å². The minimum Gasteiger partial charge on any atom is -0.349 e. The fourth-order valence-corrected chi connectivity index (χ4v) is 3.55. The molecule has 0 unspecified atom stereocenters. The average molecular weight is 376 g/mol. The van der Waals surface area contributed by atoms with Crippen LogP contribution in [0, 0.1) is 19.7 Å². The number of amides is 3. The van der Waals surface area contributed by atoms with Crippen molar-refractivity contribution < 1.29 is 14.0 Å². The van der Waals surface area contributed by atoms with Crippen LogP contribution < -0.4 is 10.6 Å². The van der Waals surface area contributed by atoms with Gasteiger partial charge in [-0.2, -0.15) is 0 Å². The first-order valence-electron chi connectivity index (χ1n) is 8.46. The number of thiazole rings is 1. The van der Waals surface area contributed by atoms with Crippen LogP contribution in [0.25, 0.3) is 0 Å². The average Bonchev–Trinajstić information content (AvgIpc) is 3.25. The van der Waals surface area contributed by atoms with Gasteiger partial charge in [0.05, 0.1) is 17.2 Å². The quantitative estimate of drug-likeness (QED) is 0.860. The van der Waals surface area contributed by atoms with E-state index >= 15 is 0 Å². The predicted octanol–water partition coefficient (Wildman–Crippen LogP) is 3.21. The van der Waals surface area contributed by atoms with Crippen LogP contribution >= 0.6 is 11.3 Å². The highest BCUT2D eigenvalue weighted by atomic mass is 32.1. The number of benzene rings is 1. The molecule has 3 amide bonds. The number of rotatable bonds is 4. The molecule has 1 aliphatic heterocycles. The summed E-state index contributed by atoms with van der Waals surface area (Å²) in [6.07, 6.45) is 1.36. The Morgan fingerprint density at radius 2 is 2.19 bits per heavy atom. The number of hydrogen-bond acceptors (Lipinski definition) is 4. The fourth-order valence-electron chi connectivity index (χ4n) is 2.93. The molecule has 3 rings (SSSR count). The highest BCUT2D eigenvalue weighted by molar-refractivity contribution is 7.09. The molecule has 0 aliphatic carbocycles. The Balaban J connectivity index is 1.60. The van der Waals surface area contributed by atoms with Crippen molar-refractivity contribution in [3.8, 4) is 0 Å². The summed E-state index contributed by atoms with van der Waals surface area (Å²) in [4.78, 5) is 30.8. The summed E-state index contributed by atoms with van der Waals surface area (Å²) in [5.74, 6) is -0.574. The molecule has 8 heteroatoms. The Kier molecular flexibility index (Phi) is 5.51. The van der Waals surface area contributed by atoms with Gasteiger partial charge in [-0.05, 0) is 44.4 Å². The van der Waals surface area contributed by atoms with Crippen LogP contribution in [0.2, 0.25) is 0 Å². The first-order chi connectivity index (χ1) is 12.4. The molecule has 2 N–H and O–H groups in total. The van der Waals surface area contributed by atoms with Gasteiger partial charge in [0.15, 0.2) is 0 Å². The van der Waals surface area contributed by atoms with Gasteiger partial charge in [0.25, 0.3) is 0 Å². The van der Waals surface area contributed by atoms with Crippen molar-refractivity contribution in [1.82, 2.24) is 15.2 Å². The van der Waals surface area contributed by atoms with Gasteiger partial charge in [-0.1, -0.05) is 6.07 Å². The molecule has 1 aliphatic rings.